The normalized spacial score (nSPS) is 12.1. The zero-order valence-corrected chi connectivity index (χ0v) is 8.41. The predicted octanol–water partition coefficient (Wildman–Crippen LogP) is 0.673. The van der Waals surface area contributed by atoms with Gasteiger partial charge < -0.3 is 9.84 Å². The van der Waals surface area contributed by atoms with Gasteiger partial charge in [-0.15, -0.1) is 0 Å². The first-order valence-electron chi connectivity index (χ1n) is 3.87. The van der Waals surface area contributed by atoms with E-state index in [1.807, 2.05) is 0 Å². The molecule has 76 valence electrons. The van der Waals surface area contributed by atoms with Crippen LogP contribution in [0.1, 0.15) is 0 Å². The number of aromatic hydroxyl groups is 1. The van der Waals surface area contributed by atoms with Gasteiger partial charge >= 0.3 is 5.97 Å². The molecule has 4 nitrogen and oxygen atoms in total. The first-order valence-corrected chi connectivity index (χ1v) is 5.19. The quantitative estimate of drug-likeness (QED) is 0.751. The summed E-state index contributed by atoms with van der Waals surface area (Å²) in [6.45, 7) is 0. The molecule has 0 aliphatic rings. The minimum Gasteiger partial charge on any atom is -0.508 e. The van der Waals surface area contributed by atoms with E-state index in [1.165, 1.54) is 31.4 Å². The van der Waals surface area contributed by atoms with Crippen molar-refractivity contribution in [3.8, 4) is 5.75 Å². The van der Waals surface area contributed by atoms with E-state index in [2.05, 4.69) is 4.74 Å². The fraction of sp³-hybridized carbons (Fsp3) is 0.222. The summed E-state index contributed by atoms with van der Waals surface area (Å²) in [5, 5.41) is 8.98. The lowest BCUT2D eigenvalue weighted by Gasteiger charge is -2.00. The topological polar surface area (TPSA) is 63.6 Å². The van der Waals surface area contributed by atoms with E-state index >= 15 is 0 Å². The van der Waals surface area contributed by atoms with Crippen molar-refractivity contribution < 1.29 is 18.8 Å². The molecule has 1 unspecified atom stereocenters. The second-order valence-electron chi connectivity index (χ2n) is 2.56. The lowest BCUT2D eigenvalue weighted by Crippen LogP contribution is -2.11. The van der Waals surface area contributed by atoms with Gasteiger partial charge in [0.15, 0.2) is 0 Å². The Bertz CT molecular complexity index is 344. The van der Waals surface area contributed by atoms with Gasteiger partial charge in [0.2, 0.25) is 0 Å². The summed E-state index contributed by atoms with van der Waals surface area (Å²) < 4.78 is 15.8. The van der Waals surface area contributed by atoms with Crippen molar-refractivity contribution in [2.45, 2.75) is 4.90 Å². The third-order valence-corrected chi connectivity index (χ3v) is 2.87. The average molecular weight is 214 g/mol. The summed E-state index contributed by atoms with van der Waals surface area (Å²) in [5.74, 6) is -0.582. The highest BCUT2D eigenvalue weighted by Gasteiger charge is 2.09. The number of phenols is 1. The number of benzene rings is 1. The Labute approximate surface area is 84.0 Å². The first-order chi connectivity index (χ1) is 6.63. The van der Waals surface area contributed by atoms with Gasteiger partial charge in [-0.3, -0.25) is 9.00 Å². The maximum Gasteiger partial charge on any atom is 0.318 e. The molecule has 5 heteroatoms. The Balaban J connectivity index is 2.70. The lowest BCUT2D eigenvalue weighted by molar-refractivity contribution is -0.137. The number of hydrogen-bond acceptors (Lipinski definition) is 4. The Kier molecular flexibility index (Phi) is 3.64. The number of carbonyl (C=O) groups is 1. The molecule has 0 aliphatic heterocycles. The molecular formula is C9H10O4S. The fourth-order valence-corrected chi connectivity index (χ4v) is 1.79. The number of methoxy groups -OCH3 is 1. The number of phenolic OH excluding ortho intramolecular Hbond substituents is 1. The van der Waals surface area contributed by atoms with Crippen molar-refractivity contribution in [1.29, 1.82) is 0 Å². The molecule has 0 aromatic heterocycles. The molecule has 0 saturated carbocycles. The summed E-state index contributed by atoms with van der Waals surface area (Å²) >= 11 is 0. The average Bonchev–Trinajstić information content (AvgIpc) is 2.18. The maximum absolute atomic E-state index is 11.5. The summed E-state index contributed by atoms with van der Waals surface area (Å²) in [5.41, 5.74) is 0. The Hall–Kier alpha value is -1.36. The molecule has 0 radical (unpaired) electrons. The van der Waals surface area contributed by atoms with E-state index < -0.39 is 16.8 Å². The number of hydrogen-bond donors (Lipinski definition) is 1. The van der Waals surface area contributed by atoms with Crippen LogP contribution in [0.25, 0.3) is 0 Å². The van der Waals surface area contributed by atoms with Crippen LogP contribution >= 0.6 is 0 Å². The van der Waals surface area contributed by atoms with Crippen molar-refractivity contribution >= 4 is 16.8 Å². The number of rotatable bonds is 3. The van der Waals surface area contributed by atoms with Crippen LogP contribution in [0.3, 0.4) is 0 Å². The van der Waals surface area contributed by atoms with Gasteiger partial charge in [0.25, 0.3) is 0 Å². The van der Waals surface area contributed by atoms with Crippen molar-refractivity contribution in [2.24, 2.45) is 0 Å². The lowest BCUT2D eigenvalue weighted by atomic mass is 10.3. The minimum atomic E-state index is -1.41. The molecule has 1 rings (SSSR count). The monoisotopic (exact) mass is 214 g/mol. The Morgan fingerprint density at radius 2 is 2.00 bits per heavy atom. The van der Waals surface area contributed by atoms with Crippen LogP contribution in [0.2, 0.25) is 0 Å². The summed E-state index contributed by atoms with van der Waals surface area (Å²) in [6, 6.07) is 5.86. The largest absolute Gasteiger partial charge is 0.508 e. The second-order valence-corrected chi connectivity index (χ2v) is 4.01. The number of esters is 1. The van der Waals surface area contributed by atoms with Crippen molar-refractivity contribution in [1.82, 2.24) is 0 Å². The maximum atomic E-state index is 11.5. The first kappa shape index (κ1) is 10.7. The molecule has 0 fully saturated rings. The molecule has 0 amide bonds. The number of ether oxygens (including phenoxy) is 1. The van der Waals surface area contributed by atoms with E-state index in [-0.39, 0.29) is 11.5 Å². The molecule has 14 heavy (non-hydrogen) atoms. The molecule has 0 saturated heterocycles. The second kappa shape index (κ2) is 4.76. The van der Waals surface area contributed by atoms with Gasteiger partial charge in [0.05, 0.1) is 17.9 Å². The molecule has 0 spiro atoms. The summed E-state index contributed by atoms with van der Waals surface area (Å²) in [7, 11) is -0.161. The number of carbonyl (C=O) groups excluding carboxylic acids is 1. The van der Waals surface area contributed by atoms with Crippen LogP contribution in [0.5, 0.6) is 5.75 Å². The van der Waals surface area contributed by atoms with E-state index in [0.29, 0.717) is 4.90 Å². The van der Waals surface area contributed by atoms with E-state index in [1.54, 1.807) is 0 Å². The molecule has 0 heterocycles. The van der Waals surface area contributed by atoms with E-state index in [4.69, 9.17) is 5.11 Å². The van der Waals surface area contributed by atoms with Crippen LogP contribution in [0.4, 0.5) is 0 Å². The molecule has 1 atom stereocenters. The van der Waals surface area contributed by atoms with Crippen LogP contribution in [0, 0.1) is 0 Å². The molecule has 1 N–H and O–H groups in total. The van der Waals surface area contributed by atoms with Gasteiger partial charge in [-0.1, -0.05) is 0 Å². The van der Waals surface area contributed by atoms with Gasteiger partial charge in [-0.2, -0.15) is 0 Å². The van der Waals surface area contributed by atoms with Gasteiger partial charge in [-0.25, -0.2) is 0 Å². The molecule has 0 bridgehead atoms. The fourth-order valence-electron chi connectivity index (χ4n) is 0.847. The highest BCUT2D eigenvalue weighted by Crippen LogP contribution is 2.12. The Morgan fingerprint density at radius 1 is 1.43 bits per heavy atom. The highest BCUT2D eigenvalue weighted by atomic mass is 32.2. The third-order valence-electron chi connectivity index (χ3n) is 1.58. The standard InChI is InChI=1S/C9H10O4S/c1-13-9(11)6-14(12)8-4-2-7(10)3-5-8/h2-5,10H,6H2,1H3. The molecule has 0 aliphatic carbocycles. The van der Waals surface area contributed by atoms with Gasteiger partial charge in [-0.05, 0) is 24.3 Å². The van der Waals surface area contributed by atoms with Gasteiger partial charge in [0.1, 0.15) is 11.5 Å². The highest BCUT2D eigenvalue weighted by molar-refractivity contribution is 7.85. The van der Waals surface area contributed by atoms with Crippen molar-refractivity contribution in [2.75, 3.05) is 12.9 Å². The zero-order chi connectivity index (χ0) is 10.6. The molecular weight excluding hydrogens is 204 g/mol. The van der Waals surface area contributed by atoms with Crippen LogP contribution in [0.15, 0.2) is 29.2 Å². The summed E-state index contributed by atoms with van der Waals surface area (Å²) in [6.07, 6.45) is 0. The third kappa shape index (κ3) is 2.85. The minimum absolute atomic E-state index is 0.101. The van der Waals surface area contributed by atoms with E-state index in [9.17, 15) is 9.00 Å². The van der Waals surface area contributed by atoms with Crippen LogP contribution in [-0.4, -0.2) is 28.1 Å². The van der Waals surface area contributed by atoms with E-state index in [0.717, 1.165) is 0 Å². The van der Waals surface area contributed by atoms with Crippen molar-refractivity contribution in [3.05, 3.63) is 24.3 Å². The van der Waals surface area contributed by atoms with Crippen LogP contribution in [-0.2, 0) is 20.3 Å². The molecule has 1 aromatic rings. The Morgan fingerprint density at radius 3 is 2.50 bits per heavy atom. The van der Waals surface area contributed by atoms with Gasteiger partial charge in [0, 0.05) is 4.90 Å². The predicted molar refractivity (Wildman–Crippen MR) is 51.4 cm³/mol. The smallest absolute Gasteiger partial charge is 0.318 e. The SMILES string of the molecule is COC(=O)CS(=O)c1ccc(O)cc1. The molecule has 1 aromatic carbocycles. The van der Waals surface area contributed by atoms with Crippen LogP contribution < -0.4 is 0 Å². The van der Waals surface area contributed by atoms with Crippen molar-refractivity contribution in [3.63, 3.8) is 0 Å². The summed E-state index contributed by atoms with van der Waals surface area (Å²) in [4.78, 5) is 11.3. The zero-order valence-electron chi connectivity index (χ0n) is 7.60.